The number of benzene rings is 2. The van der Waals surface area contributed by atoms with Crippen LogP contribution in [0.5, 0.6) is 0 Å². The number of ketones is 1. The Kier molecular flexibility index (Phi) is 6.17. The van der Waals surface area contributed by atoms with Gasteiger partial charge >= 0.3 is 0 Å². The number of carbonyl (C=O) groups excluding carboxylic acids is 1. The third-order valence-electron chi connectivity index (χ3n) is 3.40. The zero-order chi connectivity index (χ0) is 14.9. The Labute approximate surface area is 126 Å². The van der Waals surface area contributed by atoms with Crippen LogP contribution in [0.3, 0.4) is 0 Å². The van der Waals surface area contributed by atoms with Gasteiger partial charge in [0.15, 0.2) is 0 Å². The molecule has 110 valence electrons. The number of rotatable bonds is 8. The van der Waals surface area contributed by atoms with E-state index < -0.39 is 0 Å². The first-order chi connectivity index (χ1) is 10.3. The second-order valence-electron chi connectivity index (χ2n) is 5.27. The van der Waals surface area contributed by atoms with Gasteiger partial charge in [0.25, 0.3) is 0 Å². The van der Waals surface area contributed by atoms with Gasteiger partial charge in [-0.3, -0.25) is 0 Å². The van der Waals surface area contributed by atoms with Crippen LogP contribution in [-0.2, 0) is 16.1 Å². The maximum atomic E-state index is 10.8. The third-order valence-corrected chi connectivity index (χ3v) is 3.40. The van der Waals surface area contributed by atoms with Crippen LogP contribution >= 0.6 is 0 Å². The van der Waals surface area contributed by atoms with Crippen molar-refractivity contribution in [1.82, 2.24) is 0 Å². The quantitative estimate of drug-likeness (QED) is 0.660. The molecule has 0 N–H and O–H groups in total. The average Bonchev–Trinajstić information content (AvgIpc) is 2.52. The Morgan fingerprint density at radius 3 is 2.24 bits per heavy atom. The van der Waals surface area contributed by atoms with Gasteiger partial charge in [0.1, 0.15) is 5.78 Å². The summed E-state index contributed by atoms with van der Waals surface area (Å²) in [5.74, 6) is 0.256. The van der Waals surface area contributed by atoms with Gasteiger partial charge in [-0.05, 0) is 36.5 Å². The van der Waals surface area contributed by atoms with Crippen LogP contribution in [-0.4, -0.2) is 12.4 Å². The van der Waals surface area contributed by atoms with Gasteiger partial charge in [0, 0.05) is 13.0 Å². The van der Waals surface area contributed by atoms with Gasteiger partial charge in [0.2, 0.25) is 0 Å². The molecule has 21 heavy (non-hydrogen) atoms. The lowest BCUT2D eigenvalue weighted by Gasteiger charge is -2.06. The molecule has 0 aromatic heterocycles. The minimum absolute atomic E-state index is 0.256. The molecule has 0 bridgehead atoms. The Hall–Kier alpha value is -1.93. The predicted molar refractivity (Wildman–Crippen MR) is 86.1 cm³/mol. The van der Waals surface area contributed by atoms with E-state index in [9.17, 15) is 4.79 Å². The van der Waals surface area contributed by atoms with Crippen molar-refractivity contribution in [2.45, 2.75) is 32.8 Å². The molecule has 0 amide bonds. The third kappa shape index (κ3) is 5.52. The molecule has 2 aromatic carbocycles. The molecule has 0 aliphatic carbocycles. The highest BCUT2D eigenvalue weighted by Gasteiger charge is 1.98. The largest absolute Gasteiger partial charge is 0.377 e. The lowest BCUT2D eigenvalue weighted by molar-refractivity contribution is -0.117. The van der Waals surface area contributed by atoms with E-state index in [0.717, 1.165) is 12.8 Å². The molecule has 0 saturated heterocycles. The monoisotopic (exact) mass is 282 g/mol. The molecule has 0 aliphatic rings. The fourth-order valence-corrected chi connectivity index (χ4v) is 2.19. The lowest BCUT2D eigenvalue weighted by Crippen LogP contribution is -1.97. The number of hydrogen-bond donors (Lipinski definition) is 0. The number of Topliss-reactive ketones (excluding diaryl/α,β-unsaturated/α-hetero) is 1. The van der Waals surface area contributed by atoms with E-state index in [1.807, 2.05) is 18.2 Å². The van der Waals surface area contributed by atoms with Crippen LogP contribution in [0, 0.1) is 0 Å². The maximum Gasteiger partial charge on any atom is 0.129 e. The van der Waals surface area contributed by atoms with E-state index in [1.165, 1.54) is 16.7 Å². The Balaban J connectivity index is 1.74. The number of carbonyl (C=O) groups is 1. The minimum atomic E-state index is 0.256. The first-order valence-corrected chi connectivity index (χ1v) is 7.47. The van der Waals surface area contributed by atoms with Crippen LogP contribution < -0.4 is 0 Å². The molecule has 2 rings (SSSR count). The summed E-state index contributed by atoms with van der Waals surface area (Å²) in [6.07, 6.45) is 2.53. The Morgan fingerprint density at radius 2 is 1.57 bits per heavy atom. The fourth-order valence-electron chi connectivity index (χ4n) is 2.19. The SMILES string of the molecule is CC(=O)CCCCOCc1ccc(-c2ccccc2)cc1. The van der Waals surface area contributed by atoms with E-state index in [0.29, 0.717) is 19.6 Å². The highest BCUT2D eigenvalue weighted by molar-refractivity contribution is 5.75. The summed E-state index contributed by atoms with van der Waals surface area (Å²) in [6, 6.07) is 18.8. The molecular formula is C19H22O2. The molecule has 0 fully saturated rings. The lowest BCUT2D eigenvalue weighted by atomic mass is 10.0. The van der Waals surface area contributed by atoms with Crippen molar-refractivity contribution in [3.8, 4) is 11.1 Å². The molecule has 0 heterocycles. The molecule has 2 heteroatoms. The van der Waals surface area contributed by atoms with Crippen molar-refractivity contribution >= 4 is 5.78 Å². The molecule has 0 radical (unpaired) electrons. The molecular weight excluding hydrogens is 260 g/mol. The average molecular weight is 282 g/mol. The van der Waals surface area contributed by atoms with Gasteiger partial charge in [-0.2, -0.15) is 0 Å². The molecule has 0 saturated carbocycles. The second-order valence-corrected chi connectivity index (χ2v) is 5.27. The van der Waals surface area contributed by atoms with Crippen LogP contribution in [0.15, 0.2) is 54.6 Å². The number of ether oxygens (including phenoxy) is 1. The first kappa shape index (κ1) is 15.5. The van der Waals surface area contributed by atoms with Crippen LogP contribution in [0.1, 0.15) is 31.7 Å². The zero-order valence-electron chi connectivity index (χ0n) is 12.5. The maximum absolute atomic E-state index is 10.8. The summed E-state index contributed by atoms with van der Waals surface area (Å²) in [4.78, 5) is 10.8. The van der Waals surface area contributed by atoms with E-state index in [1.54, 1.807) is 6.92 Å². The smallest absolute Gasteiger partial charge is 0.129 e. The summed E-state index contributed by atoms with van der Waals surface area (Å²) < 4.78 is 5.64. The van der Waals surface area contributed by atoms with Crippen molar-refractivity contribution in [3.63, 3.8) is 0 Å². The standard InChI is InChI=1S/C19H22O2/c1-16(20)7-5-6-14-21-15-17-10-12-19(13-11-17)18-8-3-2-4-9-18/h2-4,8-13H,5-7,14-15H2,1H3. The van der Waals surface area contributed by atoms with Crippen LogP contribution in [0.25, 0.3) is 11.1 Å². The summed E-state index contributed by atoms with van der Waals surface area (Å²) >= 11 is 0. The summed E-state index contributed by atoms with van der Waals surface area (Å²) in [5.41, 5.74) is 3.64. The zero-order valence-corrected chi connectivity index (χ0v) is 12.5. The van der Waals surface area contributed by atoms with Crippen LogP contribution in [0.4, 0.5) is 0 Å². The van der Waals surface area contributed by atoms with Gasteiger partial charge < -0.3 is 9.53 Å². The molecule has 0 unspecified atom stereocenters. The molecule has 2 nitrogen and oxygen atoms in total. The summed E-state index contributed by atoms with van der Waals surface area (Å²) in [7, 11) is 0. The number of unbranched alkanes of at least 4 members (excludes halogenated alkanes) is 1. The van der Waals surface area contributed by atoms with Crippen molar-refractivity contribution in [2.75, 3.05) is 6.61 Å². The summed E-state index contributed by atoms with van der Waals surface area (Å²) in [6.45, 7) is 2.98. The van der Waals surface area contributed by atoms with Crippen molar-refractivity contribution in [2.24, 2.45) is 0 Å². The van der Waals surface area contributed by atoms with Gasteiger partial charge in [-0.25, -0.2) is 0 Å². The first-order valence-electron chi connectivity index (χ1n) is 7.47. The number of hydrogen-bond acceptors (Lipinski definition) is 2. The topological polar surface area (TPSA) is 26.3 Å². The fraction of sp³-hybridized carbons (Fsp3) is 0.316. The molecule has 0 spiro atoms. The van der Waals surface area contributed by atoms with E-state index in [4.69, 9.17) is 4.74 Å². The molecule has 0 atom stereocenters. The second kappa shape index (κ2) is 8.38. The van der Waals surface area contributed by atoms with Crippen molar-refractivity contribution in [3.05, 3.63) is 60.2 Å². The van der Waals surface area contributed by atoms with Gasteiger partial charge in [0.05, 0.1) is 6.61 Å². The summed E-state index contributed by atoms with van der Waals surface area (Å²) in [5, 5.41) is 0. The Bertz CT molecular complexity index is 544. The van der Waals surface area contributed by atoms with Crippen LogP contribution in [0.2, 0.25) is 0 Å². The minimum Gasteiger partial charge on any atom is -0.377 e. The van der Waals surface area contributed by atoms with Crippen molar-refractivity contribution < 1.29 is 9.53 Å². The normalized spacial score (nSPS) is 10.5. The van der Waals surface area contributed by atoms with Gasteiger partial charge in [-0.15, -0.1) is 0 Å². The van der Waals surface area contributed by atoms with E-state index >= 15 is 0 Å². The molecule has 0 aliphatic heterocycles. The highest BCUT2D eigenvalue weighted by Crippen LogP contribution is 2.19. The predicted octanol–water partition coefficient (Wildman–Crippen LogP) is 4.63. The highest BCUT2D eigenvalue weighted by atomic mass is 16.5. The van der Waals surface area contributed by atoms with E-state index in [2.05, 4.69) is 36.4 Å². The van der Waals surface area contributed by atoms with Crippen molar-refractivity contribution in [1.29, 1.82) is 0 Å². The van der Waals surface area contributed by atoms with E-state index in [-0.39, 0.29) is 5.78 Å². The Morgan fingerprint density at radius 1 is 0.905 bits per heavy atom. The molecule has 2 aromatic rings. The van der Waals surface area contributed by atoms with Gasteiger partial charge in [-0.1, -0.05) is 54.6 Å².